The fourth-order valence-electron chi connectivity index (χ4n) is 2.13. The molecule has 0 saturated carbocycles. The van der Waals surface area contributed by atoms with Crippen molar-refractivity contribution in [3.8, 4) is 11.4 Å². The third kappa shape index (κ3) is 5.16. The molecule has 23 heavy (non-hydrogen) atoms. The number of tetrazole rings is 1. The molecule has 2 rings (SSSR count). The van der Waals surface area contributed by atoms with Crippen molar-refractivity contribution in [1.29, 1.82) is 0 Å². The molecule has 6 heteroatoms. The van der Waals surface area contributed by atoms with E-state index in [1.54, 1.807) is 0 Å². The summed E-state index contributed by atoms with van der Waals surface area (Å²) in [4.78, 5) is 13.1. The van der Waals surface area contributed by atoms with Crippen LogP contribution in [0, 0.1) is 5.92 Å². The quantitative estimate of drug-likeness (QED) is 0.852. The van der Waals surface area contributed by atoms with Gasteiger partial charge < -0.3 is 5.32 Å². The molecular formula is C17H25N5O. The van der Waals surface area contributed by atoms with Crippen LogP contribution in [-0.4, -0.2) is 32.7 Å². The molecule has 0 radical (unpaired) electrons. The first-order valence-corrected chi connectivity index (χ1v) is 8.10. The monoisotopic (exact) mass is 315 g/mol. The van der Waals surface area contributed by atoms with Gasteiger partial charge in [0.15, 0.2) is 0 Å². The van der Waals surface area contributed by atoms with Crippen molar-refractivity contribution in [2.24, 2.45) is 5.92 Å². The zero-order valence-electron chi connectivity index (χ0n) is 14.3. The van der Waals surface area contributed by atoms with Gasteiger partial charge in [-0.25, -0.2) is 0 Å². The Hall–Kier alpha value is -2.24. The summed E-state index contributed by atoms with van der Waals surface area (Å²) < 4.78 is 0. The highest BCUT2D eigenvalue weighted by molar-refractivity contribution is 5.75. The molecule has 1 N–H and O–H groups in total. The van der Waals surface area contributed by atoms with E-state index in [1.807, 2.05) is 12.1 Å². The lowest BCUT2D eigenvalue weighted by atomic mass is 10.0. The topological polar surface area (TPSA) is 72.7 Å². The van der Waals surface area contributed by atoms with E-state index in [4.69, 9.17) is 0 Å². The van der Waals surface area contributed by atoms with Crippen molar-refractivity contribution in [3.63, 3.8) is 0 Å². The summed E-state index contributed by atoms with van der Waals surface area (Å²) in [6.45, 7) is 9.33. The molecule has 0 spiro atoms. The van der Waals surface area contributed by atoms with E-state index >= 15 is 0 Å². The molecule has 0 saturated heterocycles. The van der Waals surface area contributed by atoms with Crippen LogP contribution in [0.5, 0.6) is 0 Å². The maximum atomic E-state index is 11.8. The van der Waals surface area contributed by atoms with E-state index in [0.29, 0.717) is 24.2 Å². The van der Waals surface area contributed by atoms with Crippen molar-refractivity contribution in [2.75, 3.05) is 6.54 Å². The summed E-state index contributed by atoms with van der Waals surface area (Å²) in [6.07, 6.45) is 0.962. The van der Waals surface area contributed by atoms with E-state index in [0.717, 1.165) is 12.0 Å². The maximum absolute atomic E-state index is 11.8. The summed E-state index contributed by atoms with van der Waals surface area (Å²) in [7, 11) is 0. The van der Waals surface area contributed by atoms with Crippen LogP contribution in [0.2, 0.25) is 0 Å². The van der Waals surface area contributed by atoms with Gasteiger partial charge in [0.1, 0.15) is 6.54 Å². The number of benzene rings is 1. The van der Waals surface area contributed by atoms with Gasteiger partial charge in [-0.3, -0.25) is 4.79 Å². The average molecular weight is 315 g/mol. The highest BCUT2D eigenvalue weighted by Crippen LogP contribution is 2.19. The van der Waals surface area contributed by atoms with E-state index < -0.39 is 0 Å². The highest BCUT2D eigenvalue weighted by atomic mass is 16.2. The largest absolute Gasteiger partial charge is 0.354 e. The van der Waals surface area contributed by atoms with Crippen LogP contribution in [-0.2, 0) is 11.3 Å². The second kappa shape index (κ2) is 7.85. The van der Waals surface area contributed by atoms with E-state index in [2.05, 4.69) is 60.6 Å². The third-order valence-electron chi connectivity index (χ3n) is 3.62. The standard InChI is InChI=1S/C17H25N5O/c1-12(2)9-10-18-16(23)11-22-20-17(19-21-22)15-7-5-14(6-8-15)13(3)4/h5-8,12-13H,9-11H2,1-4H3,(H,18,23). The minimum absolute atomic E-state index is 0.0924. The van der Waals surface area contributed by atoms with E-state index in [-0.39, 0.29) is 12.5 Å². The minimum atomic E-state index is -0.0928. The molecule has 2 aromatic rings. The number of nitrogens with zero attached hydrogens (tertiary/aromatic N) is 4. The van der Waals surface area contributed by atoms with Gasteiger partial charge >= 0.3 is 0 Å². The van der Waals surface area contributed by atoms with Crippen molar-refractivity contribution in [2.45, 2.75) is 46.6 Å². The Balaban J connectivity index is 1.93. The summed E-state index contributed by atoms with van der Waals surface area (Å²) in [5, 5.41) is 15.1. The lowest BCUT2D eigenvalue weighted by molar-refractivity contribution is -0.122. The number of carbonyl (C=O) groups excluding carboxylic acids is 1. The molecule has 0 atom stereocenters. The number of amides is 1. The first-order chi connectivity index (χ1) is 11.0. The van der Waals surface area contributed by atoms with Crippen LogP contribution in [0.1, 0.15) is 45.6 Å². The van der Waals surface area contributed by atoms with Crippen LogP contribution < -0.4 is 5.32 Å². The second-order valence-corrected chi connectivity index (χ2v) is 6.45. The van der Waals surface area contributed by atoms with E-state index in [9.17, 15) is 4.79 Å². The Morgan fingerprint density at radius 2 is 1.87 bits per heavy atom. The van der Waals surface area contributed by atoms with Crippen molar-refractivity contribution in [3.05, 3.63) is 29.8 Å². The number of hydrogen-bond donors (Lipinski definition) is 1. The fourth-order valence-corrected chi connectivity index (χ4v) is 2.13. The number of carbonyl (C=O) groups is 1. The first kappa shape index (κ1) is 17.1. The Bertz CT molecular complexity index is 631. The predicted octanol–water partition coefficient (Wildman–Crippen LogP) is 2.63. The number of aromatic nitrogens is 4. The van der Waals surface area contributed by atoms with Crippen LogP contribution in [0.15, 0.2) is 24.3 Å². The predicted molar refractivity (Wildman–Crippen MR) is 89.8 cm³/mol. The Morgan fingerprint density at radius 3 is 2.48 bits per heavy atom. The molecule has 1 aromatic carbocycles. The van der Waals surface area contributed by atoms with Crippen LogP contribution >= 0.6 is 0 Å². The van der Waals surface area contributed by atoms with Gasteiger partial charge in [-0.2, -0.15) is 4.80 Å². The fraction of sp³-hybridized carbons (Fsp3) is 0.529. The molecule has 1 amide bonds. The lowest BCUT2D eigenvalue weighted by Crippen LogP contribution is -2.29. The van der Waals surface area contributed by atoms with Crippen molar-refractivity contribution >= 4 is 5.91 Å². The van der Waals surface area contributed by atoms with Crippen molar-refractivity contribution in [1.82, 2.24) is 25.5 Å². The molecule has 124 valence electrons. The molecule has 0 bridgehead atoms. The molecule has 0 fully saturated rings. The third-order valence-corrected chi connectivity index (χ3v) is 3.62. The molecule has 1 heterocycles. The normalized spacial score (nSPS) is 11.2. The number of rotatable bonds is 7. The number of hydrogen-bond acceptors (Lipinski definition) is 4. The smallest absolute Gasteiger partial charge is 0.243 e. The Labute approximate surface area is 137 Å². The molecule has 6 nitrogen and oxygen atoms in total. The number of nitrogens with one attached hydrogen (secondary N) is 1. The Morgan fingerprint density at radius 1 is 1.17 bits per heavy atom. The van der Waals surface area contributed by atoms with Gasteiger partial charge in [0.2, 0.25) is 11.7 Å². The first-order valence-electron chi connectivity index (χ1n) is 8.10. The zero-order chi connectivity index (χ0) is 16.8. The van der Waals surface area contributed by atoms with Crippen molar-refractivity contribution < 1.29 is 4.79 Å². The second-order valence-electron chi connectivity index (χ2n) is 6.45. The molecule has 0 aliphatic heterocycles. The van der Waals surface area contributed by atoms with Crippen LogP contribution in [0.3, 0.4) is 0 Å². The molecule has 0 aliphatic carbocycles. The average Bonchev–Trinajstić information content (AvgIpc) is 2.95. The van der Waals surface area contributed by atoms with Gasteiger partial charge in [-0.05, 0) is 29.0 Å². The molecule has 0 aliphatic rings. The minimum Gasteiger partial charge on any atom is -0.354 e. The maximum Gasteiger partial charge on any atom is 0.243 e. The summed E-state index contributed by atoms with van der Waals surface area (Å²) in [6, 6.07) is 8.11. The molecule has 1 aromatic heterocycles. The van der Waals surface area contributed by atoms with Crippen LogP contribution in [0.4, 0.5) is 0 Å². The molecule has 0 unspecified atom stereocenters. The van der Waals surface area contributed by atoms with Crippen LogP contribution in [0.25, 0.3) is 11.4 Å². The van der Waals surface area contributed by atoms with Gasteiger partial charge in [-0.1, -0.05) is 52.0 Å². The summed E-state index contributed by atoms with van der Waals surface area (Å²) in [5.74, 6) is 1.50. The summed E-state index contributed by atoms with van der Waals surface area (Å²) in [5.41, 5.74) is 2.17. The lowest BCUT2D eigenvalue weighted by Gasteiger charge is -2.06. The summed E-state index contributed by atoms with van der Waals surface area (Å²) >= 11 is 0. The highest BCUT2D eigenvalue weighted by Gasteiger charge is 2.09. The van der Waals surface area contributed by atoms with Gasteiger partial charge in [0, 0.05) is 12.1 Å². The van der Waals surface area contributed by atoms with Gasteiger partial charge in [0.25, 0.3) is 0 Å². The van der Waals surface area contributed by atoms with Gasteiger partial charge in [-0.15, -0.1) is 10.2 Å². The molecular weight excluding hydrogens is 290 g/mol. The van der Waals surface area contributed by atoms with E-state index in [1.165, 1.54) is 10.4 Å². The van der Waals surface area contributed by atoms with Gasteiger partial charge in [0.05, 0.1) is 0 Å². The zero-order valence-corrected chi connectivity index (χ0v) is 14.3. The SMILES string of the molecule is CC(C)CCNC(=O)Cn1nnc(-c2ccc(C(C)C)cc2)n1. The Kier molecular flexibility index (Phi) is 5.84.